The minimum absolute atomic E-state index is 0.556. The summed E-state index contributed by atoms with van der Waals surface area (Å²) < 4.78 is 21.4. The molecule has 0 radical (unpaired) electrons. The van der Waals surface area contributed by atoms with E-state index in [2.05, 4.69) is 0 Å². The molecule has 0 spiro atoms. The number of hydrogen-bond donors (Lipinski definition) is 0. The van der Waals surface area contributed by atoms with Crippen LogP contribution in [-0.4, -0.2) is 27.4 Å². The van der Waals surface area contributed by atoms with Gasteiger partial charge in [-0.1, -0.05) is 0 Å². The monoisotopic (exact) mass is 226 g/mol. The first-order valence-electron chi connectivity index (χ1n) is 5.28. The second-order valence-corrected chi connectivity index (χ2v) is 3.02. The van der Waals surface area contributed by atoms with Gasteiger partial charge in [0, 0.05) is 12.1 Å². The van der Waals surface area contributed by atoms with Crippen molar-refractivity contribution in [3.05, 3.63) is 12.1 Å². The SMILES string of the molecule is CCOc1cc(OC)c(OCC)c(OC)c1. The van der Waals surface area contributed by atoms with Crippen molar-refractivity contribution in [2.45, 2.75) is 13.8 Å². The van der Waals surface area contributed by atoms with Crippen molar-refractivity contribution in [2.24, 2.45) is 0 Å². The maximum Gasteiger partial charge on any atom is 0.203 e. The molecule has 1 rings (SSSR count). The zero-order valence-electron chi connectivity index (χ0n) is 10.2. The summed E-state index contributed by atoms with van der Waals surface area (Å²) in [6, 6.07) is 3.58. The van der Waals surface area contributed by atoms with Crippen molar-refractivity contribution in [3.8, 4) is 23.0 Å². The Morgan fingerprint density at radius 2 is 1.38 bits per heavy atom. The Balaban J connectivity index is 3.14. The van der Waals surface area contributed by atoms with Gasteiger partial charge in [-0.05, 0) is 13.8 Å². The summed E-state index contributed by atoms with van der Waals surface area (Å²) in [5.74, 6) is 2.55. The fourth-order valence-corrected chi connectivity index (χ4v) is 1.39. The molecule has 4 nitrogen and oxygen atoms in total. The van der Waals surface area contributed by atoms with Crippen molar-refractivity contribution in [1.29, 1.82) is 0 Å². The Kier molecular flexibility index (Phi) is 4.76. The average Bonchev–Trinajstić information content (AvgIpc) is 2.31. The molecular formula is C12H18O4. The molecule has 0 bridgehead atoms. The predicted octanol–water partition coefficient (Wildman–Crippen LogP) is 2.50. The minimum Gasteiger partial charge on any atom is -0.494 e. The van der Waals surface area contributed by atoms with Gasteiger partial charge in [-0.2, -0.15) is 0 Å². The van der Waals surface area contributed by atoms with Crippen LogP contribution >= 0.6 is 0 Å². The third-order valence-corrected chi connectivity index (χ3v) is 2.03. The van der Waals surface area contributed by atoms with Crippen molar-refractivity contribution >= 4 is 0 Å². The number of methoxy groups -OCH3 is 2. The van der Waals surface area contributed by atoms with Gasteiger partial charge in [0.15, 0.2) is 11.5 Å². The lowest BCUT2D eigenvalue weighted by Gasteiger charge is -2.15. The number of hydrogen-bond acceptors (Lipinski definition) is 4. The van der Waals surface area contributed by atoms with Crippen LogP contribution in [0.2, 0.25) is 0 Å². The third kappa shape index (κ3) is 2.72. The topological polar surface area (TPSA) is 36.9 Å². The van der Waals surface area contributed by atoms with Crippen LogP contribution < -0.4 is 18.9 Å². The van der Waals surface area contributed by atoms with Crippen LogP contribution in [0.5, 0.6) is 23.0 Å². The van der Waals surface area contributed by atoms with Crippen LogP contribution in [0, 0.1) is 0 Å². The average molecular weight is 226 g/mol. The van der Waals surface area contributed by atoms with E-state index >= 15 is 0 Å². The van der Waals surface area contributed by atoms with Gasteiger partial charge in [0.25, 0.3) is 0 Å². The van der Waals surface area contributed by atoms with E-state index in [0.717, 1.165) is 0 Å². The molecule has 0 fully saturated rings. The first-order valence-corrected chi connectivity index (χ1v) is 5.28. The van der Waals surface area contributed by atoms with Gasteiger partial charge < -0.3 is 18.9 Å². The quantitative estimate of drug-likeness (QED) is 0.746. The van der Waals surface area contributed by atoms with Gasteiger partial charge >= 0.3 is 0 Å². The van der Waals surface area contributed by atoms with E-state index in [0.29, 0.717) is 36.2 Å². The van der Waals surface area contributed by atoms with Crippen LogP contribution in [0.15, 0.2) is 12.1 Å². The first-order chi connectivity index (χ1) is 7.76. The van der Waals surface area contributed by atoms with Gasteiger partial charge in [0.2, 0.25) is 5.75 Å². The van der Waals surface area contributed by atoms with Gasteiger partial charge in [-0.15, -0.1) is 0 Å². The molecule has 0 aliphatic rings. The summed E-state index contributed by atoms with van der Waals surface area (Å²) in [6.07, 6.45) is 0. The van der Waals surface area contributed by atoms with Crippen LogP contribution in [0.3, 0.4) is 0 Å². The maximum atomic E-state index is 5.48. The fraction of sp³-hybridized carbons (Fsp3) is 0.500. The highest BCUT2D eigenvalue weighted by Crippen LogP contribution is 2.41. The largest absolute Gasteiger partial charge is 0.494 e. The van der Waals surface area contributed by atoms with Crippen LogP contribution in [0.1, 0.15) is 13.8 Å². The molecule has 1 aromatic carbocycles. The molecular weight excluding hydrogens is 208 g/mol. The van der Waals surface area contributed by atoms with E-state index in [1.54, 1.807) is 26.4 Å². The van der Waals surface area contributed by atoms with E-state index in [-0.39, 0.29) is 0 Å². The molecule has 4 heteroatoms. The van der Waals surface area contributed by atoms with E-state index < -0.39 is 0 Å². The summed E-state index contributed by atoms with van der Waals surface area (Å²) in [4.78, 5) is 0. The van der Waals surface area contributed by atoms with E-state index in [1.807, 2.05) is 13.8 Å². The molecule has 0 aliphatic heterocycles. The second kappa shape index (κ2) is 6.10. The van der Waals surface area contributed by atoms with Crippen molar-refractivity contribution < 1.29 is 18.9 Å². The summed E-state index contributed by atoms with van der Waals surface area (Å²) in [7, 11) is 3.18. The minimum atomic E-state index is 0.556. The molecule has 1 aromatic rings. The lowest BCUT2D eigenvalue weighted by molar-refractivity contribution is 0.282. The lowest BCUT2D eigenvalue weighted by Crippen LogP contribution is -2.00. The molecule has 0 aliphatic carbocycles. The summed E-state index contributed by atoms with van der Waals surface area (Å²) >= 11 is 0. The number of ether oxygens (including phenoxy) is 4. The molecule has 0 saturated heterocycles. The van der Waals surface area contributed by atoms with Gasteiger partial charge in [0.05, 0.1) is 27.4 Å². The number of benzene rings is 1. The standard InChI is InChI=1S/C12H18O4/c1-5-15-9-7-10(13-3)12(16-6-2)11(8-9)14-4/h7-8H,5-6H2,1-4H3. The second-order valence-electron chi connectivity index (χ2n) is 3.02. The highest BCUT2D eigenvalue weighted by molar-refractivity contribution is 5.55. The highest BCUT2D eigenvalue weighted by Gasteiger charge is 2.14. The smallest absolute Gasteiger partial charge is 0.203 e. The van der Waals surface area contributed by atoms with E-state index in [4.69, 9.17) is 18.9 Å². The van der Waals surface area contributed by atoms with Crippen LogP contribution in [0.25, 0.3) is 0 Å². The molecule has 0 atom stereocenters. The Morgan fingerprint density at radius 1 is 0.875 bits per heavy atom. The van der Waals surface area contributed by atoms with Crippen molar-refractivity contribution in [3.63, 3.8) is 0 Å². The Hall–Kier alpha value is -1.58. The molecule has 0 unspecified atom stereocenters. The molecule has 0 heterocycles. The Bertz CT molecular complexity index is 311. The van der Waals surface area contributed by atoms with Crippen LogP contribution in [0.4, 0.5) is 0 Å². The molecule has 0 N–H and O–H groups in total. The van der Waals surface area contributed by atoms with Crippen molar-refractivity contribution in [2.75, 3.05) is 27.4 Å². The zero-order chi connectivity index (χ0) is 12.0. The zero-order valence-corrected chi connectivity index (χ0v) is 10.2. The summed E-state index contributed by atoms with van der Waals surface area (Å²) in [5.41, 5.74) is 0. The third-order valence-electron chi connectivity index (χ3n) is 2.03. The van der Waals surface area contributed by atoms with Crippen molar-refractivity contribution in [1.82, 2.24) is 0 Å². The predicted molar refractivity (Wildman–Crippen MR) is 61.9 cm³/mol. The fourth-order valence-electron chi connectivity index (χ4n) is 1.39. The Labute approximate surface area is 96.1 Å². The molecule has 0 amide bonds. The van der Waals surface area contributed by atoms with E-state index in [9.17, 15) is 0 Å². The first kappa shape index (κ1) is 12.5. The van der Waals surface area contributed by atoms with Crippen LogP contribution in [-0.2, 0) is 0 Å². The number of rotatable bonds is 6. The van der Waals surface area contributed by atoms with E-state index in [1.165, 1.54) is 0 Å². The maximum absolute atomic E-state index is 5.48. The van der Waals surface area contributed by atoms with Gasteiger partial charge in [-0.3, -0.25) is 0 Å². The molecule has 16 heavy (non-hydrogen) atoms. The lowest BCUT2D eigenvalue weighted by atomic mass is 10.2. The van der Waals surface area contributed by atoms with Gasteiger partial charge in [-0.25, -0.2) is 0 Å². The molecule has 0 aromatic heterocycles. The normalized spacial score (nSPS) is 9.75. The Morgan fingerprint density at radius 3 is 1.75 bits per heavy atom. The summed E-state index contributed by atoms with van der Waals surface area (Å²) in [6.45, 7) is 4.99. The summed E-state index contributed by atoms with van der Waals surface area (Å²) in [5, 5.41) is 0. The highest BCUT2D eigenvalue weighted by atomic mass is 16.5. The molecule has 0 saturated carbocycles. The molecule has 90 valence electrons. The van der Waals surface area contributed by atoms with Gasteiger partial charge in [0.1, 0.15) is 5.75 Å².